The van der Waals surface area contributed by atoms with Crippen LogP contribution in [0.1, 0.15) is 40.7 Å². The topological polar surface area (TPSA) is 55.8 Å². The second-order valence-corrected chi connectivity index (χ2v) is 8.67. The van der Waals surface area contributed by atoms with Crippen molar-refractivity contribution in [2.45, 2.75) is 43.2 Å². The molecule has 6 rings (SSSR count). The van der Waals surface area contributed by atoms with Crippen molar-refractivity contribution in [1.29, 1.82) is 0 Å². The Morgan fingerprint density at radius 1 is 1.21 bits per heavy atom. The summed E-state index contributed by atoms with van der Waals surface area (Å²) in [5.41, 5.74) is 2.80. The molecule has 5 heteroatoms. The minimum absolute atomic E-state index is 0.0926. The van der Waals surface area contributed by atoms with Gasteiger partial charge in [0.1, 0.15) is 0 Å². The van der Waals surface area contributed by atoms with E-state index >= 15 is 0 Å². The summed E-state index contributed by atoms with van der Waals surface area (Å²) in [5, 5.41) is 0. The second-order valence-electron chi connectivity index (χ2n) is 8.67. The van der Waals surface area contributed by atoms with Crippen LogP contribution in [0.4, 0.5) is 0 Å². The monoisotopic (exact) mass is 389 g/mol. The first-order valence-electron chi connectivity index (χ1n) is 10.4. The van der Waals surface area contributed by atoms with E-state index in [1.165, 1.54) is 11.1 Å². The third-order valence-corrected chi connectivity index (χ3v) is 7.59. The zero-order valence-corrected chi connectivity index (χ0v) is 16.4. The zero-order valence-electron chi connectivity index (χ0n) is 16.4. The number of carbonyl (C=O) groups is 2. The van der Waals surface area contributed by atoms with Crippen molar-refractivity contribution in [2.75, 3.05) is 13.7 Å². The molecule has 2 fully saturated rings. The highest BCUT2D eigenvalue weighted by Gasteiger charge is 2.66. The van der Waals surface area contributed by atoms with E-state index in [-0.39, 0.29) is 29.1 Å². The van der Waals surface area contributed by atoms with Crippen LogP contribution in [0.2, 0.25) is 0 Å². The molecule has 1 unspecified atom stereocenters. The predicted octanol–water partition coefficient (Wildman–Crippen LogP) is 3.14. The Morgan fingerprint density at radius 3 is 2.83 bits per heavy atom. The molecule has 5 nitrogen and oxygen atoms in total. The van der Waals surface area contributed by atoms with Crippen LogP contribution in [0.25, 0.3) is 0 Å². The first-order valence-corrected chi connectivity index (χ1v) is 10.4. The number of methoxy groups -OCH3 is 1. The van der Waals surface area contributed by atoms with Crippen molar-refractivity contribution >= 4 is 11.7 Å². The minimum Gasteiger partial charge on any atom is -0.493 e. The molecule has 0 aromatic heterocycles. The Kier molecular flexibility index (Phi) is 3.44. The maximum Gasteiger partial charge on any atom is 0.254 e. The van der Waals surface area contributed by atoms with Crippen molar-refractivity contribution in [3.8, 4) is 11.5 Å². The lowest BCUT2D eigenvalue weighted by atomic mass is 9.51. The van der Waals surface area contributed by atoms with Gasteiger partial charge in [-0.3, -0.25) is 9.59 Å². The number of Topliss-reactive ketones (excluding diaryl/α,β-unsaturated/α-hetero) is 1. The number of rotatable bonds is 2. The fraction of sp³-hybridized carbons (Fsp3) is 0.417. The van der Waals surface area contributed by atoms with Crippen LogP contribution >= 0.6 is 0 Å². The standard InChI is InChI=1S/C24H23NO4/c1-28-19-10-7-15-13-17-16-8-9-18(26)22-24(16,20(15)21(19)29-22)11-12-25(17)23(27)14-5-3-2-4-6-14/h2-7,10,16-17,22H,8-9,11-13H2,1H3/t16-,17+,22?,24-/m1/s1. The molecule has 1 amide bonds. The third kappa shape index (κ3) is 2.05. The van der Waals surface area contributed by atoms with Crippen molar-refractivity contribution in [3.63, 3.8) is 0 Å². The molecule has 2 aromatic rings. The van der Waals surface area contributed by atoms with Crippen LogP contribution in [0.3, 0.4) is 0 Å². The molecule has 1 saturated carbocycles. The van der Waals surface area contributed by atoms with Gasteiger partial charge in [-0.2, -0.15) is 0 Å². The number of likely N-dealkylation sites (tertiary alicyclic amines) is 1. The van der Waals surface area contributed by atoms with Crippen molar-refractivity contribution in [3.05, 3.63) is 59.2 Å². The zero-order chi connectivity index (χ0) is 19.8. The fourth-order valence-corrected chi connectivity index (χ4v) is 6.48. The van der Waals surface area contributed by atoms with Crippen molar-refractivity contribution in [2.24, 2.45) is 5.92 Å². The minimum atomic E-state index is -0.442. The average molecular weight is 389 g/mol. The molecule has 4 aliphatic rings. The smallest absolute Gasteiger partial charge is 0.254 e. The van der Waals surface area contributed by atoms with Gasteiger partial charge in [0.25, 0.3) is 5.91 Å². The highest BCUT2D eigenvalue weighted by atomic mass is 16.5. The first-order chi connectivity index (χ1) is 14.1. The van der Waals surface area contributed by atoms with Crippen molar-refractivity contribution in [1.82, 2.24) is 4.90 Å². The molecule has 1 spiro atoms. The fourth-order valence-electron chi connectivity index (χ4n) is 6.48. The van der Waals surface area contributed by atoms with Gasteiger partial charge < -0.3 is 14.4 Å². The number of amides is 1. The molecule has 0 N–H and O–H groups in total. The molecule has 2 aromatic carbocycles. The Balaban J connectivity index is 1.50. The quantitative estimate of drug-likeness (QED) is 0.792. The number of hydrogen-bond acceptors (Lipinski definition) is 4. The molecular weight excluding hydrogens is 366 g/mol. The van der Waals surface area contributed by atoms with Crippen LogP contribution in [0.5, 0.6) is 11.5 Å². The lowest BCUT2D eigenvalue weighted by molar-refractivity contribution is -0.137. The van der Waals surface area contributed by atoms with Gasteiger partial charge in [0.2, 0.25) is 0 Å². The molecule has 148 valence electrons. The normalized spacial score (nSPS) is 31.1. The van der Waals surface area contributed by atoms with E-state index in [0.29, 0.717) is 18.7 Å². The lowest BCUT2D eigenvalue weighted by Crippen LogP contribution is -2.66. The largest absolute Gasteiger partial charge is 0.493 e. The van der Waals surface area contributed by atoms with Gasteiger partial charge in [-0.1, -0.05) is 24.3 Å². The van der Waals surface area contributed by atoms with Crippen LogP contribution < -0.4 is 9.47 Å². The Hall–Kier alpha value is -2.82. The van der Waals surface area contributed by atoms with Gasteiger partial charge in [-0.15, -0.1) is 0 Å². The molecule has 4 atom stereocenters. The van der Waals surface area contributed by atoms with Crippen LogP contribution in [0, 0.1) is 5.92 Å². The second kappa shape index (κ2) is 5.85. The summed E-state index contributed by atoms with van der Waals surface area (Å²) in [6, 6.07) is 13.7. The molecule has 2 aliphatic heterocycles. The molecule has 1 saturated heterocycles. The van der Waals surface area contributed by atoms with Crippen LogP contribution in [-0.4, -0.2) is 42.4 Å². The van der Waals surface area contributed by atoms with Gasteiger partial charge in [0.15, 0.2) is 23.4 Å². The summed E-state index contributed by atoms with van der Waals surface area (Å²) in [6.07, 6.45) is 2.46. The molecule has 2 aliphatic carbocycles. The van der Waals surface area contributed by atoms with E-state index in [1.54, 1.807) is 7.11 Å². The number of benzene rings is 2. The summed E-state index contributed by atoms with van der Waals surface area (Å²) in [5.74, 6) is 1.99. The predicted molar refractivity (Wildman–Crippen MR) is 106 cm³/mol. The van der Waals surface area contributed by atoms with Gasteiger partial charge in [-0.25, -0.2) is 0 Å². The van der Waals surface area contributed by atoms with Gasteiger partial charge in [0.05, 0.1) is 12.5 Å². The number of carbonyl (C=O) groups excluding carboxylic acids is 2. The van der Waals surface area contributed by atoms with E-state index in [2.05, 4.69) is 11.0 Å². The highest BCUT2D eigenvalue weighted by molar-refractivity contribution is 5.95. The summed E-state index contributed by atoms with van der Waals surface area (Å²) in [4.78, 5) is 28.3. The van der Waals surface area contributed by atoms with E-state index in [4.69, 9.17) is 9.47 Å². The molecule has 29 heavy (non-hydrogen) atoms. The first kappa shape index (κ1) is 17.1. The molecular formula is C24H23NO4. The Morgan fingerprint density at radius 2 is 2.03 bits per heavy atom. The van der Waals surface area contributed by atoms with Crippen LogP contribution in [0.15, 0.2) is 42.5 Å². The maximum atomic E-state index is 13.4. The highest BCUT2D eigenvalue weighted by Crippen LogP contribution is 2.63. The SMILES string of the molecule is COc1ccc2c3c1OC1C(=O)CC[C@@H]4[C@H](C2)N(C(=O)c2ccccc2)CC[C@@]314. The maximum absolute atomic E-state index is 13.4. The number of piperidine rings is 1. The number of hydrogen-bond donors (Lipinski definition) is 0. The molecule has 2 heterocycles. The summed E-state index contributed by atoms with van der Waals surface area (Å²) in [6.45, 7) is 0.651. The summed E-state index contributed by atoms with van der Waals surface area (Å²) in [7, 11) is 1.65. The van der Waals surface area contributed by atoms with E-state index in [0.717, 1.165) is 30.6 Å². The number of nitrogens with zero attached hydrogens (tertiary/aromatic N) is 1. The third-order valence-electron chi connectivity index (χ3n) is 7.59. The summed E-state index contributed by atoms with van der Waals surface area (Å²) >= 11 is 0. The van der Waals surface area contributed by atoms with Crippen LogP contribution in [-0.2, 0) is 16.6 Å². The van der Waals surface area contributed by atoms with Gasteiger partial charge in [-0.05, 0) is 48.9 Å². The Labute approximate surface area is 169 Å². The molecule has 2 bridgehead atoms. The lowest BCUT2D eigenvalue weighted by Gasteiger charge is -2.57. The number of ketones is 1. The van der Waals surface area contributed by atoms with Gasteiger partial charge >= 0.3 is 0 Å². The number of ether oxygens (including phenoxy) is 2. The van der Waals surface area contributed by atoms with E-state index < -0.39 is 6.10 Å². The van der Waals surface area contributed by atoms with Gasteiger partial charge in [0, 0.05) is 30.1 Å². The molecule has 0 radical (unpaired) electrons. The van der Waals surface area contributed by atoms with E-state index in [9.17, 15) is 9.59 Å². The average Bonchev–Trinajstić information content (AvgIpc) is 3.10. The van der Waals surface area contributed by atoms with Crippen molar-refractivity contribution < 1.29 is 19.1 Å². The van der Waals surface area contributed by atoms with E-state index in [1.807, 2.05) is 36.4 Å². The Bertz CT molecular complexity index is 1030. The summed E-state index contributed by atoms with van der Waals surface area (Å²) < 4.78 is 11.9.